The van der Waals surface area contributed by atoms with Gasteiger partial charge < -0.3 is 0 Å². The number of carbonyl (C=O) groups is 1. The number of hydrogen-bond donors (Lipinski definition) is 1. The molecule has 0 saturated carbocycles. The zero-order valence-electron chi connectivity index (χ0n) is 17.9. The molecule has 1 aliphatic rings. The Balaban J connectivity index is 1.44. The molecule has 1 saturated heterocycles. The second-order valence-corrected chi connectivity index (χ2v) is 7.66. The van der Waals surface area contributed by atoms with Crippen molar-refractivity contribution in [3.63, 3.8) is 0 Å². The average Bonchev–Trinajstić information content (AvgIpc) is 2.76. The van der Waals surface area contributed by atoms with Crippen molar-refractivity contribution in [2.75, 3.05) is 32.7 Å². The maximum Gasteiger partial charge on any atom is 0.254 e. The van der Waals surface area contributed by atoms with Gasteiger partial charge in [-0.3, -0.25) is 14.6 Å². The molecule has 3 rings (SSSR count). The van der Waals surface area contributed by atoms with Crippen molar-refractivity contribution in [2.24, 2.45) is 5.10 Å². The van der Waals surface area contributed by atoms with Gasteiger partial charge in [-0.05, 0) is 35.1 Å². The quantitative estimate of drug-likeness (QED) is 0.397. The molecule has 0 aromatic heterocycles. The Morgan fingerprint density at radius 2 is 1.80 bits per heavy atom. The summed E-state index contributed by atoms with van der Waals surface area (Å²) in [7, 11) is 0. The number of allylic oxidation sites excluding steroid dienone is 1. The van der Waals surface area contributed by atoms with Gasteiger partial charge in [-0.2, -0.15) is 5.10 Å². The highest BCUT2D eigenvalue weighted by atomic mass is 16.2. The largest absolute Gasteiger partial charge is 0.297 e. The molecule has 1 fully saturated rings. The Kier molecular flexibility index (Phi) is 8.36. The molecular weight excluding hydrogens is 372 g/mol. The van der Waals surface area contributed by atoms with E-state index in [4.69, 9.17) is 0 Å². The maximum absolute atomic E-state index is 12.3. The zero-order chi connectivity index (χ0) is 21.2. The first-order valence-corrected chi connectivity index (χ1v) is 10.7. The van der Waals surface area contributed by atoms with Crippen molar-refractivity contribution in [2.45, 2.75) is 26.3 Å². The highest BCUT2D eigenvalue weighted by molar-refractivity contribution is 5.84. The van der Waals surface area contributed by atoms with E-state index < -0.39 is 0 Å². The molecule has 1 N–H and O–H groups in total. The molecular formula is C25H32N4O. The first-order chi connectivity index (χ1) is 14.7. The fraction of sp³-hybridized carbons (Fsp3) is 0.360. The Bertz CT molecular complexity index is 855. The van der Waals surface area contributed by atoms with Gasteiger partial charge in [0.1, 0.15) is 0 Å². The minimum absolute atomic E-state index is 0.0666. The van der Waals surface area contributed by atoms with E-state index in [2.05, 4.69) is 64.2 Å². The summed E-state index contributed by atoms with van der Waals surface area (Å²) in [6.45, 7) is 11.1. The van der Waals surface area contributed by atoms with Gasteiger partial charge in [-0.25, -0.2) is 5.43 Å². The number of carbonyl (C=O) groups excluding carboxylic acids is 1. The van der Waals surface area contributed by atoms with Crippen molar-refractivity contribution in [3.8, 4) is 0 Å². The van der Waals surface area contributed by atoms with Crippen molar-refractivity contribution in [3.05, 3.63) is 83.4 Å². The normalized spacial score (nSPS) is 15.4. The molecule has 5 heteroatoms. The molecule has 1 aliphatic heterocycles. The maximum atomic E-state index is 12.3. The van der Waals surface area contributed by atoms with Gasteiger partial charge in [-0.15, -0.1) is 6.58 Å². The van der Waals surface area contributed by atoms with Gasteiger partial charge in [0.15, 0.2) is 0 Å². The van der Waals surface area contributed by atoms with Crippen LogP contribution in [0.2, 0.25) is 0 Å². The highest BCUT2D eigenvalue weighted by Crippen LogP contribution is 2.15. The predicted octanol–water partition coefficient (Wildman–Crippen LogP) is 3.25. The van der Waals surface area contributed by atoms with E-state index in [0.717, 1.165) is 51.1 Å². The monoisotopic (exact) mass is 404 g/mol. The number of amides is 1. The minimum Gasteiger partial charge on any atom is -0.297 e. The second-order valence-electron chi connectivity index (χ2n) is 7.66. The minimum atomic E-state index is -0.0666. The number of hydrogen-bond acceptors (Lipinski definition) is 4. The lowest BCUT2D eigenvalue weighted by Crippen LogP contribution is -2.48. The van der Waals surface area contributed by atoms with Gasteiger partial charge >= 0.3 is 0 Å². The lowest BCUT2D eigenvalue weighted by atomic mass is 9.97. The smallest absolute Gasteiger partial charge is 0.254 e. The van der Waals surface area contributed by atoms with Gasteiger partial charge in [0.25, 0.3) is 5.91 Å². The summed E-state index contributed by atoms with van der Waals surface area (Å²) < 4.78 is 0. The summed E-state index contributed by atoms with van der Waals surface area (Å²) in [5.41, 5.74) is 7.58. The second kappa shape index (κ2) is 11.4. The molecule has 0 radical (unpaired) electrons. The van der Waals surface area contributed by atoms with E-state index in [-0.39, 0.29) is 5.91 Å². The lowest BCUT2D eigenvalue weighted by Gasteiger charge is -2.34. The van der Waals surface area contributed by atoms with Crippen molar-refractivity contribution in [1.82, 2.24) is 15.2 Å². The number of benzene rings is 2. The molecule has 5 nitrogen and oxygen atoms in total. The van der Waals surface area contributed by atoms with Crippen LogP contribution in [-0.4, -0.2) is 54.6 Å². The Morgan fingerprint density at radius 3 is 2.50 bits per heavy atom. The summed E-state index contributed by atoms with van der Waals surface area (Å²) in [5, 5.41) is 4.20. The topological polar surface area (TPSA) is 47.9 Å². The summed E-state index contributed by atoms with van der Waals surface area (Å²) in [6, 6.07) is 16.7. The number of hydrazone groups is 1. The molecule has 30 heavy (non-hydrogen) atoms. The van der Waals surface area contributed by atoms with Crippen LogP contribution in [0, 0.1) is 0 Å². The van der Waals surface area contributed by atoms with Gasteiger partial charge in [0, 0.05) is 32.7 Å². The molecule has 0 spiro atoms. The van der Waals surface area contributed by atoms with Gasteiger partial charge in [-0.1, -0.05) is 61.5 Å². The predicted molar refractivity (Wildman–Crippen MR) is 124 cm³/mol. The highest BCUT2D eigenvalue weighted by Gasteiger charge is 2.18. The molecule has 2 aromatic carbocycles. The molecule has 1 amide bonds. The van der Waals surface area contributed by atoms with Crippen LogP contribution in [0.5, 0.6) is 0 Å². The summed E-state index contributed by atoms with van der Waals surface area (Å²) in [4.78, 5) is 16.9. The van der Waals surface area contributed by atoms with E-state index in [1.165, 1.54) is 16.7 Å². The summed E-state index contributed by atoms with van der Waals surface area (Å²) >= 11 is 0. The molecule has 0 atom stereocenters. The first kappa shape index (κ1) is 21.9. The van der Waals surface area contributed by atoms with Crippen LogP contribution in [-0.2, 0) is 24.2 Å². The molecule has 0 bridgehead atoms. The molecule has 0 aliphatic carbocycles. The van der Waals surface area contributed by atoms with Crippen molar-refractivity contribution < 1.29 is 4.79 Å². The van der Waals surface area contributed by atoms with Crippen molar-refractivity contribution in [1.29, 1.82) is 0 Å². The number of nitrogens with one attached hydrogen (secondary N) is 1. The third-order valence-corrected chi connectivity index (χ3v) is 5.50. The Labute approximate surface area is 180 Å². The lowest BCUT2D eigenvalue weighted by molar-refractivity contribution is -0.122. The zero-order valence-corrected chi connectivity index (χ0v) is 17.9. The molecule has 1 heterocycles. The third-order valence-electron chi connectivity index (χ3n) is 5.50. The number of rotatable bonds is 9. The fourth-order valence-corrected chi connectivity index (χ4v) is 3.91. The number of nitrogens with zero attached hydrogens (tertiary/aromatic N) is 3. The van der Waals surface area contributed by atoms with Crippen LogP contribution >= 0.6 is 0 Å². The fourth-order valence-electron chi connectivity index (χ4n) is 3.91. The van der Waals surface area contributed by atoms with Crippen molar-refractivity contribution >= 4 is 12.1 Å². The standard InChI is InChI=1S/C25H32N4O/c1-3-9-22-12-8-13-23(24(22)4-2)18-26-27-25(30)20-29-16-14-28(15-17-29)19-21-10-6-5-7-11-21/h3,5-8,10-13,18H,1,4,9,14-17,19-20H2,2H3,(H,27,30)/b26-18+. The molecule has 2 aromatic rings. The van der Waals surface area contributed by atoms with Crippen LogP contribution in [0.1, 0.15) is 29.2 Å². The summed E-state index contributed by atoms with van der Waals surface area (Å²) in [5.74, 6) is -0.0666. The Morgan fingerprint density at radius 1 is 1.07 bits per heavy atom. The van der Waals surface area contributed by atoms with E-state index in [1.807, 2.05) is 24.3 Å². The molecule has 0 unspecified atom stereocenters. The van der Waals surface area contributed by atoms with Crippen LogP contribution < -0.4 is 5.43 Å². The van der Waals surface area contributed by atoms with E-state index in [9.17, 15) is 4.79 Å². The Hall–Kier alpha value is -2.76. The third kappa shape index (κ3) is 6.37. The van der Waals surface area contributed by atoms with Crippen LogP contribution in [0.15, 0.2) is 66.3 Å². The van der Waals surface area contributed by atoms with Crippen LogP contribution in [0.3, 0.4) is 0 Å². The van der Waals surface area contributed by atoms with Crippen LogP contribution in [0.25, 0.3) is 0 Å². The average molecular weight is 405 g/mol. The number of piperazine rings is 1. The van der Waals surface area contributed by atoms with E-state index >= 15 is 0 Å². The van der Waals surface area contributed by atoms with Gasteiger partial charge in [0.05, 0.1) is 12.8 Å². The van der Waals surface area contributed by atoms with E-state index in [1.54, 1.807) is 6.21 Å². The first-order valence-electron chi connectivity index (χ1n) is 10.7. The van der Waals surface area contributed by atoms with E-state index in [0.29, 0.717) is 6.54 Å². The SMILES string of the molecule is C=CCc1cccc(/C=N/NC(=O)CN2CCN(Cc3ccccc3)CC2)c1CC. The summed E-state index contributed by atoms with van der Waals surface area (Å²) in [6.07, 6.45) is 5.43. The molecule has 158 valence electrons. The van der Waals surface area contributed by atoms with Crippen LogP contribution in [0.4, 0.5) is 0 Å². The van der Waals surface area contributed by atoms with Gasteiger partial charge in [0.2, 0.25) is 0 Å².